The Balaban J connectivity index is 1.00. The highest BCUT2D eigenvalue weighted by Crippen LogP contribution is 2.26. The molecule has 3 aromatic rings. The van der Waals surface area contributed by atoms with Gasteiger partial charge in [-0.2, -0.15) is 0 Å². The SMILES string of the molecule is COc1ccc(N2CCN(C(=O)ON3C(=O)[C@H]4CN(Cc5ccc(Oc6ccccc6)cc5)CCN4C3=O)CC2)cc1. The number of methoxy groups -OCH3 is 1. The van der Waals surface area contributed by atoms with E-state index in [1.165, 1.54) is 9.80 Å². The first-order chi connectivity index (χ1) is 20.5. The normalized spacial score (nSPS) is 19.1. The highest BCUT2D eigenvalue weighted by molar-refractivity contribution is 6.04. The van der Waals surface area contributed by atoms with Gasteiger partial charge in [-0.05, 0) is 54.1 Å². The number of anilines is 1. The van der Waals surface area contributed by atoms with Crippen LogP contribution in [0.3, 0.4) is 0 Å². The summed E-state index contributed by atoms with van der Waals surface area (Å²) in [7, 11) is 1.63. The van der Waals surface area contributed by atoms with Crippen molar-refractivity contribution in [2.24, 2.45) is 0 Å². The predicted octanol–water partition coefficient (Wildman–Crippen LogP) is 3.81. The number of urea groups is 1. The fourth-order valence-corrected chi connectivity index (χ4v) is 5.48. The number of piperazine rings is 2. The summed E-state index contributed by atoms with van der Waals surface area (Å²) >= 11 is 0. The lowest BCUT2D eigenvalue weighted by Gasteiger charge is -2.35. The van der Waals surface area contributed by atoms with Gasteiger partial charge in [0, 0.05) is 58.0 Å². The Bertz CT molecular complexity index is 1410. The molecule has 0 unspecified atom stereocenters. The Morgan fingerprint density at radius 3 is 2.14 bits per heavy atom. The molecular weight excluding hydrogens is 538 g/mol. The minimum absolute atomic E-state index is 0.363. The van der Waals surface area contributed by atoms with Crippen LogP contribution in [0.5, 0.6) is 17.2 Å². The van der Waals surface area contributed by atoms with Gasteiger partial charge in [-0.15, -0.1) is 0 Å². The van der Waals surface area contributed by atoms with Crippen LogP contribution in [0.15, 0.2) is 78.9 Å². The van der Waals surface area contributed by atoms with Gasteiger partial charge in [0.25, 0.3) is 5.91 Å². The van der Waals surface area contributed by atoms with Crippen molar-refractivity contribution in [1.29, 1.82) is 0 Å². The highest BCUT2D eigenvalue weighted by atomic mass is 16.7. The van der Waals surface area contributed by atoms with Gasteiger partial charge >= 0.3 is 12.1 Å². The van der Waals surface area contributed by atoms with Crippen LogP contribution in [-0.4, -0.2) is 96.8 Å². The lowest BCUT2D eigenvalue weighted by Crippen LogP contribution is -2.52. The first-order valence-corrected chi connectivity index (χ1v) is 14.0. The third-order valence-corrected chi connectivity index (χ3v) is 7.82. The van der Waals surface area contributed by atoms with E-state index in [0.717, 1.165) is 28.5 Å². The zero-order valence-corrected chi connectivity index (χ0v) is 23.4. The summed E-state index contributed by atoms with van der Waals surface area (Å²) in [6.45, 7) is 4.00. The molecule has 11 nitrogen and oxygen atoms in total. The van der Waals surface area contributed by atoms with Crippen LogP contribution in [-0.2, 0) is 16.2 Å². The predicted molar refractivity (Wildman–Crippen MR) is 154 cm³/mol. The van der Waals surface area contributed by atoms with Crippen LogP contribution in [0.1, 0.15) is 5.56 Å². The zero-order chi connectivity index (χ0) is 29.1. The number of benzene rings is 3. The third kappa shape index (κ3) is 5.82. The van der Waals surface area contributed by atoms with Gasteiger partial charge in [-0.1, -0.05) is 35.4 Å². The van der Waals surface area contributed by atoms with E-state index in [-0.39, 0.29) is 0 Å². The van der Waals surface area contributed by atoms with Crippen LogP contribution in [0.25, 0.3) is 0 Å². The monoisotopic (exact) mass is 571 g/mol. The Morgan fingerprint density at radius 1 is 0.786 bits per heavy atom. The lowest BCUT2D eigenvalue weighted by atomic mass is 10.1. The molecule has 3 heterocycles. The van der Waals surface area contributed by atoms with Gasteiger partial charge < -0.3 is 29.0 Å². The molecule has 3 aliphatic heterocycles. The summed E-state index contributed by atoms with van der Waals surface area (Å²) in [6, 6.07) is 23.9. The second-order valence-electron chi connectivity index (χ2n) is 10.4. The molecule has 42 heavy (non-hydrogen) atoms. The maximum atomic E-state index is 13.2. The Kier molecular flexibility index (Phi) is 7.83. The van der Waals surface area contributed by atoms with E-state index in [1.807, 2.05) is 78.9 Å². The number of hydroxylamine groups is 2. The molecule has 0 saturated carbocycles. The second-order valence-corrected chi connectivity index (χ2v) is 10.4. The fourth-order valence-electron chi connectivity index (χ4n) is 5.48. The molecule has 1 atom stereocenters. The first kappa shape index (κ1) is 27.4. The minimum atomic E-state index is -0.694. The molecule has 0 bridgehead atoms. The molecular formula is C31H33N5O6. The Morgan fingerprint density at radius 2 is 1.45 bits per heavy atom. The second kappa shape index (κ2) is 12.0. The summed E-state index contributed by atoms with van der Waals surface area (Å²) in [5.74, 6) is 1.78. The van der Waals surface area contributed by atoms with Crippen molar-refractivity contribution < 1.29 is 28.7 Å². The summed E-state index contributed by atoms with van der Waals surface area (Å²) in [5, 5.41) is 0.641. The van der Waals surface area contributed by atoms with Crippen molar-refractivity contribution in [2.75, 3.05) is 57.8 Å². The number of para-hydroxylation sites is 1. The van der Waals surface area contributed by atoms with E-state index in [9.17, 15) is 14.4 Å². The number of fused-ring (bicyclic) bond motifs is 1. The minimum Gasteiger partial charge on any atom is -0.497 e. The number of carbonyl (C=O) groups is 3. The van der Waals surface area contributed by atoms with Gasteiger partial charge in [-0.25, -0.2) is 9.59 Å². The van der Waals surface area contributed by atoms with Crippen LogP contribution in [0, 0.1) is 0 Å². The molecule has 0 spiro atoms. The smallest absolute Gasteiger partial charge is 0.434 e. The molecule has 4 amide bonds. The van der Waals surface area contributed by atoms with Gasteiger partial charge in [0.05, 0.1) is 7.11 Å². The number of amides is 4. The number of carbonyl (C=O) groups excluding carboxylic acids is 3. The number of nitrogens with zero attached hydrogens (tertiary/aromatic N) is 5. The molecule has 0 radical (unpaired) electrons. The summed E-state index contributed by atoms with van der Waals surface area (Å²) in [4.78, 5) is 51.8. The molecule has 3 aromatic carbocycles. The summed E-state index contributed by atoms with van der Waals surface area (Å²) in [5.41, 5.74) is 2.10. The number of imide groups is 1. The van der Waals surface area contributed by atoms with Gasteiger partial charge in [0.15, 0.2) is 0 Å². The summed E-state index contributed by atoms with van der Waals surface area (Å²) < 4.78 is 11.1. The van der Waals surface area contributed by atoms with Crippen LogP contribution in [0.2, 0.25) is 0 Å². The number of rotatable bonds is 7. The highest BCUT2D eigenvalue weighted by Gasteiger charge is 2.50. The molecule has 0 aliphatic carbocycles. The number of hydrogen-bond acceptors (Lipinski definition) is 8. The van der Waals surface area contributed by atoms with Crippen LogP contribution in [0.4, 0.5) is 15.3 Å². The largest absolute Gasteiger partial charge is 0.497 e. The molecule has 3 fully saturated rings. The lowest BCUT2D eigenvalue weighted by molar-refractivity contribution is -0.152. The van der Waals surface area contributed by atoms with E-state index in [0.29, 0.717) is 57.4 Å². The van der Waals surface area contributed by atoms with Gasteiger partial charge in [-0.3, -0.25) is 9.69 Å². The van der Waals surface area contributed by atoms with Gasteiger partial charge in [0.2, 0.25) is 0 Å². The van der Waals surface area contributed by atoms with E-state index in [1.54, 1.807) is 7.11 Å². The quantitative estimate of drug-likeness (QED) is 0.395. The standard InChI is InChI=1S/C31H33N5O6/c1-40-25-13-9-24(10-14-25)33-16-18-34(19-17-33)31(39)42-36-29(37)28-22-32(15-20-35(28)30(36)38)21-23-7-11-27(12-8-23)41-26-5-3-2-4-6-26/h2-14,28H,15-22H2,1H3/t28-/m1/s1. The molecule has 6 rings (SSSR count). The van der Waals surface area contributed by atoms with Crippen LogP contribution < -0.4 is 14.4 Å². The average molecular weight is 572 g/mol. The summed E-state index contributed by atoms with van der Waals surface area (Å²) in [6.07, 6.45) is -0.694. The Hall–Kier alpha value is -4.77. The maximum Gasteiger partial charge on any atom is 0.434 e. The number of ether oxygens (including phenoxy) is 2. The maximum absolute atomic E-state index is 13.2. The molecule has 0 N–H and O–H groups in total. The molecule has 11 heteroatoms. The molecule has 3 saturated heterocycles. The Labute approximate surface area is 244 Å². The number of hydrogen-bond donors (Lipinski definition) is 0. The van der Waals surface area contributed by atoms with Crippen molar-refractivity contribution in [3.8, 4) is 17.2 Å². The van der Waals surface area contributed by atoms with Crippen molar-refractivity contribution in [2.45, 2.75) is 12.6 Å². The fraction of sp³-hybridized carbons (Fsp3) is 0.323. The van der Waals surface area contributed by atoms with E-state index < -0.39 is 24.1 Å². The van der Waals surface area contributed by atoms with Crippen molar-refractivity contribution in [1.82, 2.24) is 19.8 Å². The van der Waals surface area contributed by atoms with Crippen molar-refractivity contribution in [3.05, 3.63) is 84.4 Å². The molecule has 218 valence electrons. The zero-order valence-electron chi connectivity index (χ0n) is 23.4. The van der Waals surface area contributed by atoms with Crippen molar-refractivity contribution >= 4 is 23.7 Å². The van der Waals surface area contributed by atoms with E-state index in [4.69, 9.17) is 14.3 Å². The topological polar surface area (TPSA) is 95.1 Å². The van der Waals surface area contributed by atoms with Gasteiger partial charge in [0.1, 0.15) is 23.3 Å². The van der Waals surface area contributed by atoms with Crippen LogP contribution >= 0.6 is 0 Å². The first-order valence-electron chi connectivity index (χ1n) is 14.0. The van der Waals surface area contributed by atoms with E-state index >= 15 is 0 Å². The van der Waals surface area contributed by atoms with Crippen molar-refractivity contribution in [3.63, 3.8) is 0 Å². The third-order valence-electron chi connectivity index (χ3n) is 7.82. The molecule has 3 aliphatic rings. The average Bonchev–Trinajstić information content (AvgIpc) is 3.26. The van der Waals surface area contributed by atoms with E-state index in [2.05, 4.69) is 9.80 Å². The molecule has 0 aromatic heterocycles.